The van der Waals surface area contributed by atoms with E-state index in [1.165, 1.54) is 49.1 Å². The van der Waals surface area contributed by atoms with Crippen molar-refractivity contribution in [1.29, 1.82) is 0 Å². The molecule has 0 aliphatic rings. The smallest absolute Gasteiger partial charge is 0.305 e. The largest absolute Gasteiger partial charge is 0.469 e. The first-order valence-electron chi connectivity index (χ1n) is 8.70. The van der Waals surface area contributed by atoms with Crippen LogP contribution in [0.15, 0.2) is 8.68 Å². The van der Waals surface area contributed by atoms with E-state index in [1.54, 1.807) is 0 Å². The molecular weight excluding hydrogens is 440 g/mol. The summed E-state index contributed by atoms with van der Waals surface area (Å²) in [5.74, 6) is -0.535. The molecule has 0 aliphatic heterocycles. The second kappa shape index (κ2) is 15.0. The molecule has 1 aromatic heterocycles. The quantitative estimate of drug-likeness (QED) is 0.232. The Morgan fingerprint density at radius 1 is 0.828 bits per heavy atom. The highest BCUT2D eigenvalue weighted by atomic mass is 32.2. The van der Waals surface area contributed by atoms with Crippen LogP contribution < -0.4 is 10.6 Å². The number of methoxy groups -OCH3 is 2. The van der Waals surface area contributed by atoms with Gasteiger partial charge in [0.2, 0.25) is 11.8 Å². The average Bonchev–Trinajstić information content (AvgIpc) is 3.18. The summed E-state index contributed by atoms with van der Waals surface area (Å²) in [5.41, 5.74) is 0. The Bertz CT molecular complexity index is 631. The molecule has 2 amide bonds. The van der Waals surface area contributed by atoms with E-state index >= 15 is 0 Å². The predicted octanol–water partition coefficient (Wildman–Crippen LogP) is 0.861. The molecule has 0 atom stereocenters. The van der Waals surface area contributed by atoms with Gasteiger partial charge in [-0.25, -0.2) is 0 Å². The molecule has 0 saturated heterocycles. The molecule has 0 radical (unpaired) electrons. The van der Waals surface area contributed by atoms with E-state index in [4.69, 9.17) is 0 Å². The summed E-state index contributed by atoms with van der Waals surface area (Å²) in [6, 6.07) is 0. The number of esters is 2. The second-order valence-corrected chi connectivity index (χ2v) is 8.89. The summed E-state index contributed by atoms with van der Waals surface area (Å²) in [4.78, 5) is 45.5. The first-order chi connectivity index (χ1) is 13.9. The number of nitrogens with zero attached hydrogens (tertiary/aromatic N) is 2. The molecule has 162 valence electrons. The van der Waals surface area contributed by atoms with Gasteiger partial charge in [0, 0.05) is 25.9 Å². The maximum atomic E-state index is 11.8. The fourth-order valence-electron chi connectivity index (χ4n) is 1.80. The first-order valence-corrected chi connectivity index (χ1v) is 11.5. The normalized spacial score (nSPS) is 10.3. The Balaban J connectivity index is 2.16. The number of rotatable bonds is 14. The lowest BCUT2D eigenvalue weighted by molar-refractivity contribution is -0.141. The Kier molecular flexibility index (Phi) is 13.1. The standard InChI is InChI=1S/C16H24N4O6S3/c1-25-13(23)5-3-7-17-11(21)9-27-15-19-20-16(29-15)28-10-12(22)18-8-4-6-14(24)26-2/h3-10H2,1-2H3,(H,17,21)(H,18,22). The molecule has 2 N–H and O–H groups in total. The number of thioether (sulfide) groups is 2. The predicted molar refractivity (Wildman–Crippen MR) is 110 cm³/mol. The lowest BCUT2D eigenvalue weighted by atomic mass is 10.3. The van der Waals surface area contributed by atoms with E-state index in [2.05, 4.69) is 30.3 Å². The number of carbonyl (C=O) groups is 4. The highest BCUT2D eigenvalue weighted by Crippen LogP contribution is 2.28. The van der Waals surface area contributed by atoms with Gasteiger partial charge in [-0.15, -0.1) is 10.2 Å². The highest BCUT2D eigenvalue weighted by molar-refractivity contribution is 8.03. The van der Waals surface area contributed by atoms with Crippen molar-refractivity contribution in [2.24, 2.45) is 0 Å². The van der Waals surface area contributed by atoms with Crippen LogP contribution in [0.4, 0.5) is 0 Å². The van der Waals surface area contributed by atoms with E-state index in [9.17, 15) is 19.2 Å². The monoisotopic (exact) mass is 464 g/mol. The van der Waals surface area contributed by atoms with Gasteiger partial charge < -0.3 is 20.1 Å². The van der Waals surface area contributed by atoms with Gasteiger partial charge in [-0.05, 0) is 12.8 Å². The Hall–Kier alpha value is -1.86. The summed E-state index contributed by atoms with van der Waals surface area (Å²) >= 11 is 3.82. The second-order valence-electron chi connectivity index (χ2n) is 5.47. The van der Waals surface area contributed by atoms with Crippen LogP contribution in [0.2, 0.25) is 0 Å². The lowest BCUT2D eigenvalue weighted by Crippen LogP contribution is -2.26. The van der Waals surface area contributed by atoms with Crippen molar-refractivity contribution in [3.05, 3.63) is 0 Å². The Morgan fingerprint density at radius 2 is 1.24 bits per heavy atom. The lowest BCUT2D eigenvalue weighted by Gasteiger charge is -2.03. The Morgan fingerprint density at radius 3 is 1.62 bits per heavy atom. The van der Waals surface area contributed by atoms with Crippen LogP contribution in [0.5, 0.6) is 0 Å². The first kappa shape index (κ1) is 25.2. The van der Waals surface area contributed by atoms with Crippen molar-refractivity contribution >= 4 is 58.6 Å². The SMILES string of the molecule is COC(=O)CCCNC(=O)CSc1nnc(SCC(=O)NCCCC(=O)OC)s1. The average molecular weight is 465 g/mol. The zero-order chi connectivity index (χ0) is 21.5. The topological polar surface area (TPSA) is 137 Å². The molecule has 13 heteroatoms. The molecule has 0 saturated carbocycles. The van der Waals surface area contributed by atoms with Gasteiger partial charge in [0.25, 0.3) is 0 Å². The zero-order valence-corrected chi connectivity index (χ0v) is 18.7. The van der Waals surface area contributed by atoms with Crippen molar-refractivity contribution in [2.75, 3.05) is 38.8 Å². The van der Waals surface area contributed by atoms with Crippen molar-refractivity contribution < 1.29 is 28.7 Å². The molecule has 29 heavy (non-hydrogen) atoms. The number of carbonyl (C=O) groups excluding carboxylic acids is 4. The van der Waals surface area contributed by atoms with E-state index < -0.39 is 0 Å². The zero-order valence-electron chi connectivity index (χ0n) is 16.2. The van der Waals surface area contributed by atoms with Crippen LogP contribution in [0, 0.1) is 0 Å². The number of hydrogen-bond donors (Lipinski definition) is 2. The highest BCUT2D eigenvalue weighted by Gasteiger charge is 2.11. The minimum absolute atomic E-state index is 0.157. The molecule has 0 spiro atoms. The van der Waals surface area contributed by atoms with Crippen molar-refractivity contribution in [3.63, 3.8) is 0 Å². The van der Waals surface area contributed by atoms with Crippen molar-refractivity contribution in [1.82, 2.24) is 20.8 Å². The van der Waals surface area contributed by atoms with Crippen LogP contribution in [0.3, 0.4) is 0 Å². The van der Waals surface area contributed by atoms with Gasteiger partial charge in [-0.3, -0.25) is 19.2 Å². The van der Waals surface area contributed by atoms with Gasteiger partial charge in [-0.2, -0.15) is 0 Å². The minimum atomic E-state index is -0.303. The van der Waals surface area contributed by atoms with Crippen LogP contribution in [0.1, 0.15) is 25.7 Å². The summed E-state index contributed by atoms with van der Waals surface area (Å²) in [7, 11) is 2.65. The molecule has 0 unspecified atom stereocenters. The number of aromatic nitrogens is 2. The molecule has 0 bridgehead atoms. The molecular formula is C16H24N4O6S3. The molecule has 1 rings (SSSR count). The summed E-state index contributed by atoms with van der Waals surface area (Å²) in [6.07, 6.45) is 1.57. The van der Waals surface area contributed by atoms with Gasteiger partial charge in [0.1, 0.15) is 0 Å². The number of ether oxygens (including phenoxy) is 2. The summed E-state index contributed by atoms with van der Waals surface area (Å²) < 4.78 is 10.3. The molecule has 0 fully saturated rings. The summed E-state index contributed by atoms with van der Waals surface area (Å²) in [6.45, 7) is 0.806. The molecule has 0 aromatic carbocycles. The molecule has 1 aromatic rings. The van der Waals surface area contributed by atoms with Crippen molar-refractivity contribution in [3.8, 4) is 0 Å². The maximum absolute atomic E-state index is 11.8. The molecule has 1 heterocycles. The van der Waals surface area contributed by atoms with Gasteiger partial charge in [-0.1, -0.05) is 34.9 Å². The van der Waals surface area contributed by atoms with E-state index in [-0.39, 0.29) is 48.1 Å². The fourth-order valence-corrected chi connectivity index (χ4v) is 4.48. The summed E-state index contributed by atoms with van der Waals surface area (Å²) in [5, 5.41) is 13.4. The van der Waals surface area contributed by atoms with Crippen LogP contribution in [-0.2, 0) is 28.7 Å². The third-order valence-corrected chi connectivity index (χ3v) is 6.45. The van der Waals surface area contributed by atoms with Gasteiger partial charge in [0.05, 0.1) is 25.7 Å². The van der Waals surface area contributed by atoms with E-state index in [1.807, 2.05) is 0 Å². The molecule has 0 aliphatic carbocycles. The van der Waals surface area contributed by atoms with Crippen LogP contribution in [-0.4, -0.2) is 72.8 Å². The van der Waals surface area contributed by atoms with Crippen LogP contribution in [0.25, 0.3) is 0 Å². The van der Waals surface area contributed by atoms with Crippen molar-refractivity contribution in [2.45, 2.75) is 34.4 Å². The van der Waals surface area contributed by atoms with Gasteiger partial charge >= 0.3 is 11.9 Å². The Labute approximate surface area is 181 Å². The van der Waals surface area contributed by atoms with E-state index in [0.717, 1.165) is 0 Å². The van der Waals surface area contributed by atoms with Gasteiger partial charge in [0.15, 0.2) is 8.68 Å². The third-order valence-electron chi connectivity index (χ3n) is 3.26. The fraction of sp³-hybridized carbons (Fsp3) is 0.625. The molecule has 10 nitrogen and oxygen atoms in total. The number of amides is 2. The number of nitrogens with one attached hydrogen (secondary N) is 2. The van der Waals surface area contributed by atoms with E-state index in [0.29, 0.717) is 34.6 Å². The third kappa shape index (κ3) is 12.3. The minimum Gasteiger partial charge on any atom is -0.469 e. The maximum Gasteiger partial charge on any atom is 0.305 e. The number of hydrogen-bond acceptors (Lipinski definition) is 11. The van der Waals surface area contributed by atoms with Crippen LogP contribution >= 0.6 is 34.9 Å².